The molecule has 0 atom stereocenters. The Bertz CT molecular complexity index is 756. The molecule has 6 heteroatoms. The van der Waals surface area contributed by atoms with E-state index in [1.54, 1.807) is 30.5 Å². The molecule has 1 saturated carbocycles. The van der Waals surface area contributed by atoms with Crippen molar-refractivity contribution in [2.24, 2.45) is 0 Å². The van der Waals surface area contributed by atoms with E-state index >= 15 is 0 Å². The highest BCUT2D eigenvalue weighted by atomic mass is 79.9. The molecule has 1 aromatic heterocycles. The maximum absolute atomic E-state index is 12.4. The van der Waals surface area contributed by atoms with Gasteiger partial charge in [0.05, 0.1) is 16.9 Å². The van der Waals surface area contributed by atoms with Crippen LogP contribution in [0.1, 0.15) is 34.9 Å². The van der Waals surface area contributed by atoms with Crippen molar-refractivity contribution in [3.8, 4) is 6.07 Å². The van der Waals surface area contributed by atoms with Crippen LogP contribution in [0.2, 0.25) is 0 Å². The Balaban J connectivity index is 1.90. The molecule has 106 valence electrons. The minimum atomic E-state index is -0.256. The Kier molecular flexibility index (Phi) is 3.43. The number of rotatable bonds is 3. The quantitative estimate of drug-likeness (QED) is 0.895. The summed E-state index contributed by atoms with van der Waals surface area (Å²) in [5.74, 6) is -0.256. The maximum Gasteiger partial charge on any atom is 0.272 e. The number of carbonyl (C=O) groups excluding carboxylic acids is 1. The number of nitrogen functional groups attached to an aromatic ring is 1. The van der Waals surface area contributed by atoms with E-state index in [4.69, 9.17) is 11.0 Å². The van der Waals surface area contributed by atoms with Crippen molar-refractivity contribution in [2.45, 2.75) is 18.9 Å². The lowest BCUT2D eigenvalue weighted by Crippen LogP contribution is -2.17. The molecule has 3 N–H and O–H groups in total. The van der Waals surface area contributed by atoms with Gasteiger partial charge in [-0.25, -0.2) is 0 Å². The number of hydrogen-bond acceptors (Lipinski definition) is 3. The van der Waals surface area contributed by atoms with E-state index in [9.17, 15) is 4.79 Å². The second-order valence-corrected chi connectivity index (χ2v) is 5.97. The van der Waals surface area contributed by atoms with E-state index in [0.29, 0.717) is 28.7 Å². The van der Waals surface area contributed by atoms with Crippen molar-refractivity contribution in [3.05, 3.63) is 46.2 Å². The molecule has 0 spiro atoms. The summed E-state index contributed by atoms with van der Waals surface area (Å²) in [4.78, 5) is 12.4. The number of hydrogen-bond donors (Lipinski definition) is 2. The first kappa shape index (κ1) is 13.7. The zero-order valence-corrected chi connectivity index (χ0v) is 12.7. The van der Waals surface area contributed by atoms with E-state index in [-0.39, 0.29) is 5.91 Å². The molecule has 1 aliphatic rings. The van der Waals surface area contributed by atoms with Gasteiger partial charge in [-0.1, -0.05) is 15.9 Å². The molecule has 1 amide bonds. The van der Waals surface area contributed by atoms with Crippen molar-refractivity contribution >= 4 is 33.2 Å². The first-order chi connectivity index (χ1) is 10.1. The summed E-state index contributed by atoms with van der Waals surface area (Å²) in [6, 6.07) is 9.23. The van der Waals surface area contributed by atoms with Crippen LogP contribution in [0.15, 0.2) is 34.9 Å². The Morgan fingerprint density at radius 3 is 2.86 bits per heavy atom. The number of anilines is 2. The van der Waals surface area contributed by atoms with Crippen LogP contribution >= 0.6 is 15.9 Å². The zero-order chi connectivity index (χ0) is 15.0. The summed E-state index contributed by atoms with van der Waals surface area (Å²) >= 11 is 3.34. The third kappa shape index (κ3) is 2.78. The molecular weight excluding hydrogens is 332 g/mol. The van der Waals surface area contributed by atoms with Crippen LogP contribution in [-0.2, 0) is 0 Å². The summed E-state index contributed by atoms with van der Waals surface area (Å²) < 4.78 is 2.71. The van der Waals surface area contributed by atoms with E-state index in [1.807, 2.05) is 4.57 Å². The molecule has 21 heavy (non-hydrogen) atoms. The highest BCUT2D eigenvalue weighted by Gasteiger charge is 2.27. The number of nitrogens with two attached hydrogens (primary N) is 1. The maximum atomic E-state index is 12.4. The van der Waals surface area contributed by atoms with Gasteiger partial charge in [-0.05, 0) is 37.1 Å². The van der Waals surface area contributed by atoms with E-state index in [0.717, 1.165) is 17.3 Å². The average molecular weight is 345 g/mol. The van der Waals surface area contributed by atoms with Crippen LogP contribution in [0.5, 0.6) is 0 Å². The molecule has 2 aromatic rings. The normalized spacial score (nSPS) is 13.7. The van der Waals surface area contributed by atoms with Gasteiger partial charge in [0, 0.05) is 16.7 Å². The van der Waals surface area contributed by atoms with Crippen molar-refractivity contribution in [1.82, 2.24) is 4.57 Å². The highest BCUT2D eigenvalue weighted by molar-refractivity contribution is 9.10. The number of benzene rings is 1. The number of aromatic nitrogens is 1. The monoisotopic (exact) mass is 344 g/mol. The summed E-state index contributed by atoms with van der Waals surface area (Å²) in [6.07, 6.45) is 3.92. The number of nitrogens with zero attached hydrogens (tertiary/aromatic N) is 2. The number of nitrogens with one attached hydrogen (secondary N) is 1. The third-order valence-electron chi connectivity index (χ3n) is 3.39. The van der Waals surface area contributed by atoms with Crippen LogP contribution in [0.3, 0.4) is 0 Å². The molecular formula is C15H13BrN4O. The van der Waals surface area contributed by atoms with Crippen molar-refractivity contribution in [1.29, 1.82) is 5.26 Å². The standard InChI is InChI=1S/C15H13BrN4O/c16-10-2-1-9(7-17)13(5-10)19-15(21)14-6-11(18)8-20(14)12-3-4-12/h1-2,5-6,8,12H,3-4,18H2,(H,19,21). The molecule has 1 fully saturated rings. The van der Waals surface area contributed by atoms with Crippen LogP contribution in [-0.4, -0.2) is 10.5 Å². The van der Waals surface area contributed by atoms with Gasteiger partial charge in [0.25, 0.3) is 5.91 Å². The molecule has 1 aliphatic carbocycles. The fraction of sp³-hybridized carbons (Fsp3) is 0.200. The summed E-state index contributed by atoms with van der Waals surface area (Å²) in [6.45, 7) is 0. The van der Waals surface area contributed by atoms with E-state index < -0.39 is 0 Å². The topological polar surface area (TPSA) is 83.8 Å². The molecule has 1 aromatic carbocycles. The molecule has 0 radical (unpaired) electrons. The number of amides is 1. The first-order valence-electron chi connectivity index (χ1n) is 6.57. The predicted molar refractivity (Wildman–Crippen MR) is 83.9 cm³/mol. The minimum absolute atomic E-state index is 0.256. The lowest BCUT2D eigenvalue weighted by molar-refractivity contribution is 0.101. The lowest BCUT2D eigenvalue weighted by atomic mass is 10.2. The van der Waals surface area contributed by atoms with Gasteiger partial charge >= 0.3 is 0 Å². The van der Waals surface area contributed by atoms with Crippen molar-refractivity contribution in [3.63, 3.8) is 0 Å². The molecule has 0 saturated heterocycles. The minimum Gasteiger partial charge on any atom is -0.397 e. The molecule has 1 heterocycles. The van der Waals surface area contributed by atoms with Crippen LogP contribution in [0, 0.1) is 11.3 Å². The second kappa shape index (κ2) is 5.26. The molecule has 0 unspecified atom stereocenters. The number of nitriles is 1. The first-order valence-corrected chi connectivity index (χ1v) is 7.36. The van der Waals surface area contributed by atoms with Crippen LogP contribution in [0.25, 0.3) is 0 Å². The van der Waals surface area contributed by atoms with Gasteiger partial charge in [-0.15, -0.1) is 0 Å². The molecule has 0 aliphatic heterocycles. The largest absolute Gasteiger partial charge is 0.397 e. The number of carbonyl (C=O) groups is 1. The second-order valence-electron chi connectivity index (χ2n) is 5.05. The smallest absolute Gasteiger partial charge is 0.272 e. The van der Waals surface area contributed by atoms with Gasteiger partial charge in [0.1, 0.15) is 11.8 Å². The third-order valence-corrected chi connectivity index (χ3v) is 3.89. The van der Waals surface area contributed by atoms with Crippen LogP contribution < -0.4 is 11.1 Å². The molecule has 3 rings (SSSR count). The van der Waals surface area contributed by atoms with Gasteiger partial charge in [-0.2, -0.15) is 5.26 Å². The van der Waals surface area contributed by atoms with Crippen molar-refractivity contribution in [2.75, 3.05) is 11.1 Å². The summed E-state index contributed by atoms with van der Waals surface area (Å²) in [7, 11) is 0. The Hall–Kier alpha value is -2.26. The predicted octanol–water partition coefficient (Wildman–Crippen LogP) is 3.29. The average Bonchev–Trinajstić information content (AvgIpc) is 3.21. The summed E-state index contributed by atoms with van der Waals surface area (Å²) in [5.41, 5.74) is 7.80. The van der Waals surface area contributed by atoms with Crippen molar-refractivity contribution < 1.29 is 4.79 Å². The Labute approximate surface area is 130 Å². The lowest BCUT2D eigenvalue weighted by Gasteiger charge is -2.10. The fourth-order valence-electron chi connectivity index (χ4n) is 2.24. The van der Waals surface area contributed by atoms with E-state index in [1.165, 1.54) is 0 Å². The van der Waals surface area contributed by atoms with Gasteiger partial charge in [-0.3, -0.25) is 4.79 Å². The Morgan fingerprint density at radius 2 is 2.19 bits per heavy atom. The highest BCUT2D eigenvalue weighted by Crippen LogP contribution is 2.37. The van der Waals surface area contributed by atoms with Crippen LogP contribution in [0.4, 0.5) is 11.4 Å². The SMILES string of the molecule is N#Cc1ccc(Br)cc1NC(=O)c1cc(N)cn1C1CC1. The fourth-order valence-corrected chi connectivity index (χ4v) is 2.60. The van der Waals surface area contributed by atoms with Gasteiger partial charge in [0.2, 0.25) is 0 Å². The zero-order valence-electron chi connectivity index (χ0n) is 11.1. The summed E-state index contributed by atoms with van der Waals surface area (Å²) in [5, 5.41) is 11.9. The van der Waals surface area contributed by atoms with Gasteiger partial charge < -0.3 is 15.6 Å². The Morgan fingerprint density at radius 1 is 1.43 bits per heavy atom. The van der Waals surface area contributed by atoms with E-state index in [2.05, 4.69) is 27.3 Å². The van der Waals surface area contributed by atoms with Gasteiger partial charge in [0.15, 0.2) is 0 Å². The number of halogens is 1. The molecule has 0 bridgehead atoms. The molecule has 5 nitrogen and oxygen atoms in total.